The molecule has 7 aromatic carbocycles. The third-order valence-electron chi connectivity index (χ3n) is 8.21. The first-order valence-corrected chi connectivity index (χ1v) is 13.8. The minimum absolute atomic E-state index is 0.912. The van der Waals surface area contributed by atoms with E-state index in [4.69, 9.17) is 4.42 Å². The van der Waals surface area contributed by atoms with E-state index in [9.17, 15) is 0 Å². The number of rotatable bonds is 3. The summed E-state index contributed by atoms with van der Waals surface area (Å²) in [5, 5.41) is 7.31. The summed E-state index contributed by atoms with van der Waals surface area (Å²) in [4.78, 5) is 0. The summed E-state index contributed by atoms with van der Waals surface area (Å²) < 4.78 is 6.45. The molecule has 0 aliphatic rings. The lowest BCUT2D eigenvalue weighted by Crippen LogP contribution is -1.90. The van der Waals surface area contributed by atoms with E-state index in [2.05, 4.69) is 146 Å². The zero-order valence-electron chi connectivity index (χ0n) is 22.2. The molecule has 0 aliphatic heterocycles. The van der Waals surface area contributed by atoms with Gasteiger partial charge in [0.15, 0.2) is 0 Å². The second kappa shape index (κ2) is 8.97. The van der Waals surface area contributed by atoms with Crippen molar-refractivity contribution in [3.8, 4) is 33.4 Å². The van der Waals surface area contributed by atoms with E-state index >= 15 is 0 Å². The number of aryl methyl sites for hydroxylation is 1. The van der Waals surface area contributed by atoms with Gasteiger partial charge in [-0.3, -0.25) is 0 Å². The van der Waals surface area contributed by atoms with Crippen molar-refractivity contribution in [3.63, 3.8) is 0 Å². The van der Waals surface area contributed by atoms with E-state index in [-0.39, 0.29) is 0 Å². The lowest BCUT2D eigenvalue weighted by molar-refractivity contribution is 0.669. The van der Waals surface area contributed by atoms with Crippen molar-refractivity contribution in [2.24, 2.45) is 0 Å². The van der Waals surface area contributed by atoms with E-state index in [1.165, 1.54) is 54.9 Å². The second-order valence-corrected chi connectivity index (χ2v) is 10.5. The maximum Gasteiger partial charge on any atom is 0.136 e. The van der Waals surface area contributed by atoms with Gasteiger partial charge in [-0.2, -0.15) is 0 Å². The first-order chi connectivity index (χ1) is 19.8. The van der Waals surface area contributed by atoms with Crippen molar-refractivity contribution in [1.29, 1.82) is 0 Å². The van der Waals surface area contributed by atoms with Gasteiger partial charge in [0.1, 0.15) is 11.2 Å². The molecule has 0 saturated carbocycles. The molecule has 40 heavy (non-hydrogen) atoms. The molecule has 0 aliphatic carbocycles. The second-order valence-electron chi connectivity index (χ2n) is 10.5. The Labute approximate surface area is 232 Å². The van der Waals surface area contributed by atoms with Gasteiger partial charge in [-0.05, 0) is 91.7 Å². The first kappa shape index (κ1) is 22.8. The van der Waals surface area contributed by atoms with E-state index in [0.29, 0.717) is 0 Å². The topological polar surface area (TPSA) is 13.1 Å². The van der Waals surface area contributed by atoms with Crippen molar-refractivity contribution in [1.82, 2.24) is 0 Å². The fourth-order valence-electron chi connectivity index (χ4n) is 6.35. The number of furan rings is 1. The smallest absolute Gasteiger partial charge is 0.136 e. The van der Waals surface area contributed by atoms with Gasteiger partial charge in [0.05, 0.1) is 0 Å². The summed E-state index contributed by atoms with van der Waals surface area (Å²) in [6.07, 6.45) is 0. The normalized spacial score (nSPS) is 11.6. The fraction of sp³-hybridized carbons (Fsp3) is 0.0256. The lowest BCUT2D eigenvalue weighted by atomic mass is 9.86. The summed E-state index contributed by atoms with van der Waals surface area (Å²) in [7, 11) is 0. The van der Waals surface area contributed by atoms with Crippen LogP contribution >= 0.6 is 0 Å². The van der Waals surface area contributed by atoms with Gasteiger partial charge in [0.2, 0.25) is 0 Å². The van der Waals surface area contributed by atoms with Gasteiger partial charge in [0.25, 0.3) is 0 Å². The largest absolute Gasteiger partial charge is 0.456 e. The molecular formula is C39H26O. The summed E-state index contributed by atoms with van der Waals surface area (Å²) in [6.45, 7) is 2.16. The van der Waals surface area contributed by atoms with Crippen LogP contribution in [0.15, 0.2) is 144 Å². The van der Waals surface area contributed by atoms with Crippen molar-refractivity contribution in [2.45, 2.75) is 6.92 Å². The monoisotopic (exact) mass is 510 g/mol. The molecule has 1 nitrogen and oxygen atoms in total. The highest BCUT2D eigenvalue weighted by atomic mass is 16.3. The third kappa shape index (κ3) is 3.48. The summed E-state index contributed by atoms with van der Waals surface area (Å²) in [5.74, 6) is 0. The fourth-order valence-corrected chi connectivity index (χ4v) is 6.35. The van der Waals surface area contributed by atoms with Crippen LogP contribution < -0.4 is 0 Å². The highest BCUT2D eigenvalue weighted by Gasteiger charge is 2.17. The molecule has 0 radical (unpaired) electrons. The molecule has 0 amide bonds. The Hall–Kier alpha value is -5.14. The minimum atomic E-state index is 0.912. The first-order valence-electron chi connectivity index (χ1n) is 13.8. The van der Waals surface area contributed by atoms with Gasteiger partial charge in [-0.25, -0.2) is 0 Å². The van der Waals surface area contributed by atoms with Crippen LogP contribution in [-0.2, 0) is 0 Å². The molecule has 0 N–H and O–H groups in total. The summed E-state index contributed by atoms with van der Waals surface area (Å²) in [5.41, 5.74) is 10.5. The molecule has 0 saturated heterocycles. The third-order valence-corrected chi connectivity index (χ3v) is 8.21. The number of hydrogen-bond acceptors (Lipinski definition) is 1. The van der Waals surface area contributed by atoms with Gasteiger partial charge >= 0.3 is 0 Å². The average molecular weight is 511 g/mol. The van der Waals surface area contributed by atoms with Gasteiger partial charge < -0.3 is 4.42 Å². The van der Waals surface area contributed by atoms with E-state index in [0.717, 1.165) is 27.5 Å². The Balaban J connectivity index is 1.38. The summed E-state index contributed by atoms with van der Waals surface area (Å²) in [6, 6.07) is 50.1. The molecule has 1 heteroatoms. The number of hydrogen-bond donors (Lipinski definition) is 0. The predicted octanol–water partition coefficient (Wildman–Crippen LogP) is 11.2. The van der Waals surface area contributed by atoms with Crippen LogP contribution in [-0.4, -0.2) is 0 Å². The minimum Gasteiger partial charge on any atom is -0.456 e. The van der Waals surface area contributed by atoms with Crippen LogP contribution in [0.25, 0.3) is 76.9 Å². The van der Waals surface area contributed by atoms with Crippen molar-refractivity contribution < 1.29 is 4.42 Å². The average Bonchev–Trinajstić information content (AvgIpc) is 3.37. The Kier molecular flexibility index (Phi) is 5.11. The van der Waals surface area contributed by atoms with Gasteiger partial charge in [-0.1, -0.05) is 115 Å². The Morgan fingerprint density at radius 3 is 1.62 bits per heavy atom. The van der Waals surface area contributed by atoms with Gasteiger partial charge in [-0.15, -0.1) is 0 Å². The maximum atomic E-state index is 6.45. The molecule has 8 rings (SSSR count). The Morgan fingerprint density at radius 1 is 0.375 bits per heavy atom. The number of fused-ring (bicyclic) bond motifs is 5. The molecular weight excluding hydrogens is 484 g/mol. The summed E-state index contributed by atoms with van der Waals surface area (Å²) >= 11 is 0. The van der Waals surface area contributed by atoms with Crippen LogP contribution in [0.3, 0.4) is 0 Å². The molecule has 1 heterocycles. The highest BCUT2D eigenvalue weighted by molar-refractivity contribution is 6.22. The Bertz CT molecular complexity index is 2160. The van der Waals surface area contributed by atoms with E-state index in [1.54, 1.807) is 0 Å². The highest BCUT2D eigenvalue weighted by Crippen LogP contribution is 2.44. The standard InChI is InChI=1S/C39H26O/c1-25-11-5-6-14-29(25)27-20-22-36-35(23-27)30-21-19-28(24-37(30)40-36)39-33-17-9-7-15-31(33)38(26-12-3-2-4-13-26)32-16-8-10-18-34(32)39/h2-24H,1H3. The van der Waals surface area contributed by atoms with Crippen molar-refractivity contribution >= 4 is 43.5 Å². The van der Waals surface area contributed by atoms with E-state index < -0.39 is 0 Å². The van der Waals surface area contributed by atoms with Crippen LogP contribution in [0.2, 0.25) is 0 Å². The van der Waals surface area contributed by atoms with Crippen molar-refractivity contribution in [3.05, 3.63) is 145 Å². The van der Waals surface area contributed by atoms with Crippen molar-refractivity contribution in [2.75, 3.05) is 0 Å². The molecule has 0 bridgehead atoms. The maximum absolute atomic E-state index is 6.45. The molecule has 8 aromatic rings. The quantitative estimate of drug-likeness (QED) is 0.215. The molecule has 1 aromatic heterocycles. The zero-order valence-corrected chi connectivity index (χ0v) is 22.2. The SMILES string of the molecule is Cc1ccccc1-c1ccc2oc3cc(-c4c5ccccc5c(-c5ccccc5)c5ccccc45)ccc3c2c1. The van der Waals surface area contributed by atoms with Crippen LogP contribution in [0.1, 0.15) is 5.56 Å². The molecule has 188 valence electrons. The molecule has 0 unspecified atom stereocenters. The number of benzene rings is 7. The predicted molar refractivity (Wildman–Crippen MR) is 170 cm³/mol. The lowest BCUT2D eigenvalue weighted by Gasteiger charge is -2.17. The van der Waals surface area contributed by atoms with Crippen LogP contribution in [0, 0.1) is 6.92 Å². The molecule has 0 fully saturated rings. The molecule has 0 spiro atoms. The Morgan fingerprint density at radius 2 is 0.950 bits per heavy atom. The zero-order chi connectivity index (χ0) is 26.6. The molecule has 0 atom stereocenters. The van der Waals surface area contributed by atoms with Crippen LogP contribution in [0.4, 0.5) is 0 Å². The van der Waals surface area contributed by atoms with Crippen LogP contribution in [0.5, 0.6) is 0 Å². The van der Waals surface area contributed by atoms with E-state index in [1.807, 2.05) is 0 Å². The van der Waals surface area contributed by atoms with Gasteiger partial charge in [0, 0.05) is 10.8 Å².